The van der Waals surface area contributed by atoms with Gasteiger partial charge in [0.15, 0.2) is 5.78 Å². The molecular weight excluding hydrogens is 505 g/mol. The van der Waals surface area contributed by atoms with Crippen molar-refractivity contribution in [2.24, 2.45) is 5.92 Å². The van der Waals surface area contributed by atoms with E-state index in [0.717, 1.165) is 6.42 Å². The normalized spacial score (nSPS) is 20.0. The van der Waals surface area contributed by atoms with Crippen LogP contribution in [0.25, 0.3) is 10.9 Å². The Labute approximate surface area is 215 Å². The van der Waals surface area contributed by atoms with Crippen LogP contribution in [0.2, 0.25) is 5.02 Å². The molecule has 5 rings (SSSR count). The monoisotopic (exact) mass is 527 g/mol. The molecule has 2 aromatic carbocycles. The van der Waals surface area contributed by atoms with Crippen LogP contribution in [0, 0.1) is 11.7 Å². The number of carbonyl (C=O) groups is 4. The lowest BCUT2D eigenvalue weighted by molar-refractivity contribution is -0.140. The lowest BCUT2D eigenvalue weighted by atomic mass is 10.1. The number of rotatable bonds is 7. The molecule has 37 heavy (non-hydrogen) atoms. The van der Waals surface area contributed by atoms with Gasteiger partial charge in [-0.2, -0.15) is 0 Å². The van der Waals surface area contributed by atoms with Crippen molar-refractivity contribution in [2.75, 3.05) is 0 Å². The minimum absolute atomic E-state index is 0.0313. The van der Waals surface area contributed by atoms with E-state index in [4.69, 9.17) is 21.4 Å². The molecule has 3 atom stereocenters. The second-order valence-electron chi connectivity index (χ2n) is 9.32. The molecular formula is C26H23ClFN3O6. The number of amides is 2. The molecule has 0 unspecified atom stereocenters. The van der Waals surface area contributed by atoms with E-state index in [0.29, 0.717) is 22.9 Å². The quantitative estimate of drug-likeness (QED) is 0.272. The zero-order valence-electron chi connectivity index (χ0n) is 19.7. The number of carbonyl (C=O) groups excluding carboxylic acids is 3. The summed E-state index contributed by atoms with van der Waals surface area (Å²) in [5.74, 6) is -1.19. The van der Waals surface area contributed by atoms with Crippen molar-refractivity contribution in [1.82, 2.24) is 14.8 Å². The first-order chi connectivity index (χ1) is 17.6. The van der Waals surface area contributed by atoms with E-state index in [2.05, 4.69) is 5.32 Å². The van der Waals surface area contributed by atoms with Crippen LogP contribution in [-0.4, -0.2) is 50.4 Å². The lowest BCUT2D eigenvalue weighted by Gasteiger charge is -2.27. The molecule has 1 saturated heterocycles. The van der Waals surface area contributed by atoms with Gasteiger partial charge in [-0.25, -0.2) is 9.18 Å². The fourth-order valence-electron chi connectivity index (χ4n) is 5.11. The van der Waals surface area contributed by atoms with Gasteiger partial charge in [0, 0.05) is 40.8 Å². The summed E-state index contributed by atoms with van der Waals surface area (Å²) in [4.78, 5) is 51.2. The van der Waals surface area contributed by atoms with Gasteiger partial charge < -0.3 is 24.6 Å². The maximum atomic E-state index is 14.2. The Morgan fingerprint density at radius 1 is 1.19 bits per heavy atom. The number of ketones is 1. The van der Waals surface area contributed by atoms with Crippen LogP contribution in [0.3, 0.4) is 0 Å². The number of nitrogens with one attached hydrogen (secondary N) is 1. The minimum Gasteiger partial charge on any atom is -0.449 e. The van der Waals surface area contributed by atoms with Crippen molar-refractivity contribution in [3.63, 3.8) is 0 Å². The van der Waals surface area contributed by atoms with Gasteiger partial charge in [0.05, 0.1) is 5.02 Å². The zero-order chi connectivity index (χ0) is 26.4. The summed E-state index contributed by atoms with van der Waals surface area (Å²) in [6, 6.07) is 8.32. The molecule has 1 aliphatic heterocycles. The average Bonchev–Trinajstić information content (AvgIpc) is 3.35. The molecule has 1 aliphatic carbocycles. The van der Waals surface area contributed by atoms with E-state index < -0.39 is 18.0 Å². The number of fused-ring (bicyclic) bond motifs is 2. The van der Waals surface area contributed by atoms with E-state index in [1.165, 1.54) is 31.2 Å². The van der Waals surface area contributed by atoms with Gasteiger partial charge in [-0.05, 0) is 49.9 Å². The highest BCUT2D eigenvalue weighted by Gasteiger charge is 2.55. The third-order valence-corrected chi connectivity index (χ3v) is 7.21. The van der Waals surface area contributed by atoms with Crippen LogP contribution in [-0.2, 0) is 22.7 Å². The molecule has 1 saturated carbocycles. The molecule has 0 radical (unpaired) electrons. The zero-order valence-corrected chi connectivity index (χ0v) is 20.5. The molecule has 2 heterocycles. The first-order valence-electron chi connectivity index (χ1n) is 11.7. The van der Waals surface area contributed by atoms with E-state index in [-0.39, 0.29) is 59.0 Å². The summed E-state index contributed by atoms with van der Waals surface area (Å²) in [6.45, 7) is 1.22. The van der Waals surface area contributed by atoms with Crippen LogP contribution in [0.1, 0.15) is 35.7 Å². The van der Waals surface area contributed by atoms with Gasteiger partial charge in [-0.15, -0.1) is 0 Å². The Morgan fingerprint density at radius 3 is 2.70 bits per heavy atom. The molecule has 2 fully saturated rings. The molecule has 9 nitrogen and oxygen atoms in total. The predicted octanol–water partition coefficient (Wildman–Crippen LogP) is 4.00. The van der Waals surface area contributed by atoms with Gasteiger partial charge in [-0.1, -0.05) is 23.7 Å². The van der Waals surface area contributed by atoms with Gasteiger partial charge in [0.2, 0.25) is 11.8 Å². The Hall–Kier alpha value is -3.92. The number of piperidine rings is 1. The fraction of sp³-hybridized carbons (Fsp3) is 0.308. The number of halogens is 2. The van der Waals surface area contributed by atoms with Crippen LogP contribution < -0.4 is 10.1 Å². The summed E-state index contributed by atoms with van der Waals surface area (Å²) in [5.41, 5.74) is 1.13. The first-order valence-corrected chi connectivity index (χ1v) is 12.1. The number of hydrogen-bond acceptors (Lipinski definition) is 5. The van der Waals surface area contributed by atoms with E-state index >= 15 is 0 Å². The Morgan fingerprint density at radius 2 is 1.97 bits per heavy atom. The van der Waals surface area contributed by atoms with Crippen molar-refractivity contribution >= 4 is 46.3 Å². The van der Waals surface area contributed by atoms with Crippen molar-refractivity contribution in [3.05, 3.63) is 64.6 Å². The van der Waals surface area contributed by atoms with Crippen LogP contribution >= 0.6 is 11.6 Å². The Balaban J connectivity index is 1.34. The number of benzene rings is 2. The number of ether oxygens (including phenoxy) is 1. The summed E-state index contributed by atoms with van der Waals surface area (Å²) < 4.78 is 20.5. The van der Waals surface area contributed by atoms with Gasteiger partial charge >= 0.3 is 6.16 Å². The maximum Gasteiger partial charge on any atom is 0.511 e. The van der Waals surface area contributed by atoms with Crippen LogP contribution in [0.5, 0.6) is 5.75 Å². The molecule has 2 N–H and O–H groups in total. The predicted molar refractivity (Wildman–Crippen MR) is 131 cm³/mol. The van der Waals surface area contributed by atoms with Gasteiger partial charge in [-0.3, -0.25) is 14.4 Å². The number of aromatic nitrogens is 1. The highest BCUT2D eigenvalue weighted by molar-refractivity contribution is 6.30. The summed E-state index contributed by atoms with van der Waals surface area (Å²) in [6.07, 6.45) is 1.42. The van der Waals surface area contributed by atoms with Crippen molar-refractivity contribution < 1.29 is 33.4 Å². The highest BCUT2D eigenvalue weighted by atomic mass is 35.5. The smallest absolute Gasteiger partial charge is 0.449 e. The number of likely N-dealkylation sites (tertiary alicyclic amines) is 1. The summed E-state index contributed by atoms with van der Waals surface area (Å²) in [7, 11) is 0. The average molecular weight is 528 g/mol. The van der Waals surface area contributed by atoms with Crippen LogP contribution in [0.15, 0.2) is 42.6 Å². The van der Waals surface area contributed by atoms with Gasteiger partial charge in [0.25, 0.3) is 0 Å². The van der Waals surface area contributed by atoms with E-state index in [1.807, 2.05) is 0 Å². The molecule has 2 aliphatic rings. The highest BCUT2D eigenvalue weighted by Crippen LogP contribution is 2.48. The second-order valence-corrected chi connectivity index (χ2v) is 9.73. The molecule has 0 bridgehead atoms. The number of hydrogen-bond donors (Lipinski definition) is 2. The number of nitrogens with zero attached hydrogens (tertiary/aromatic N) is 2. The Kier molecular flexibility index (Phi) is 6.36. The Bertz CT molecular complexity index is 1450. The summed E-state index contributed by atoms with van der Waals surface area (Å²) >= 11 is 5.82. The van der Waals surface area contributed by atoms with Crippen molar-refractivity contribution in [1.29, 1.82) is 0 Å². The number of carboxylic acid groups (broad SMARTS) is 1. The molecule has 11 heteroatoms. The molecule has 192 valence electrons. The van der Waals surface area contributed by atoms with E-state index in [9.17, 15) is 23.6 Å². The standard InChI is InChI=1S/C26H23ClFN3O6/c1-13(32)18-11-30(20-6-5-16(9-17(18)20)37-26(35)36)12-23(33)31-21-7-15(21)8-22(31)25(34)29-10-14-3-2-4-19(27)24(14)28/h2-6,9,11,15,21-22H,7-8,10,12H2,1H3,(H,29,34)(H,35,36)/t15-,21-,22+/m1/s1. The molecule has 2 amide bonds. The first kappa shape index (κ1) is 24.8. The summed E-state index contributed by atoms with van der Waals surface area (Å²) in [5, 5.41) is 12.0. The maximum absolute atomic E-state index is 14.2. The second kappa shape index (κ2) is 9.51. The van der Waals surface area contributed by atoms with Crippen LogP contribution in [0.4, 0.5) is 9.18 Å². The largest absolute Gasteiger partial charge is 0.511 e. The third-order valence-electron chi connectivity index (χ3n) is 6.92. The van der Waals surface area contributed by atoms with Crippen molar-refractivity contribution in [3.8, 4) is 5.75 Å². The van der Waals surface area contributed by atoms with Gasteiger partial charge in [0.1, 0.15) is 24.2 Å². The third kappa shape index (κ3) is 4.76. The van der Waals surface area contributed by atoms with E-state index in [1.54, 1.807) is 27.8 Å². The van der Waals surface area contributed by atoms with Crippen molar-refractivity contribution in [2.45, 2.75) is 44.9 Å². The molecule has 1 aromatic heterocycles. The molecule has 3 aromatic rings. The minimum atomic E-state index is -1.48. The fourth-order valence-corrected chi connectivity index (χ4v) is 5.31. The number of Topliss-reactive ketones (excluding diaryl/α,β-unsaturated/α-hetero) is 1. The topological polar surface area (TPSA) is 118 Å². The molecule has 0 spiro atoms. The SMILES string of the molecule is CC(=O)c1cn(CC(=O)N2[C@@H]3C[C@@H]3C[C@H]2C(=O)NCc2cccc(Cl)c2F)c2ccc(OC(=O)O)cc12. The lowest BCUT2D eigenvalue weighted by Crippen LogP contribution is -2.48.